The zero-order valence-corrected chi connectivity index (χ0v) is 14.5. The first-order valence-electron chi connectivity index (χ1n) is 7.19. The van der Waals surface area contributed by atoms with E-state index < -0.39 is 0 Å². The highest BCUT2D eigenvalue weighted by Gasteiger charge is 2.21. The second-order valence-electron chi connectivity index (χ2n) is 5.03. The van der Waals surface area contributed by atoms with E-state index in [0.29, 0.717) is 23.4 Å². The quantitative estimate of drug-likeness (QED) is 0.497. The highest BCUT2D eigenvalue weighted by Crippen LogP contribution is 2.35. The molecule has 0 fully saturated rings. The van der Waals surface area contributed by atoms with Gasteiger partial charge in [0, 0.05) is 7.05 Å². The maximum absolute atomic E-state index is 5.77. The van der Waals surface area contributed by atoms with Crippen LogP contribution >= 0.6 is 23.1 Å². The number of furan rings is 1. The molecular formula is C15H13N5O2S2. The minimum Gasteiger partial charge on any atom is -0.461 e. The van der Waals surface area contributed by atoms with Gasteiger partial charge in [-0.15, -0.1) is 31.7 Å². The van der Waals surface area contributed by atoms with Crippen molar-refractivity contribution in [1.29, 1.82) is 0 Å². The molecule has 0 bridgehead atoms. The number of thiophene rings is 1. The van der Waals surface area contributed by atoms with Crippen LogP contribution in [-0.4, -0.2) is 25.0 Å². The van der Waals surface area contributed by atoms with Gasteiger partial charge < -0.3 is 13.4 Å². The molecule has 0 saturated carbocycles. The van der Waals surface area contributed by atoms with Crippen molar-refractivity contribution in [3.63, 3.8) is 0 Å². The van der Waals surface area contributed by atoms with Gasteiger partial charge in [-0.1, -0.05) is 17.8 Å². The summed E-state index contributed by atoms with van der Waals surface area (Å²) in [5, 5.41) is 19.4. The van der Waals surface area contributed by atoms with Gasteiger partial charge in [-0.2, -0.15) is 0 Å². The first-order chi connectivity index (χ1) is 11.7. The van der Waals surface area contributed by atoms with E-state index in [4.69, 9.17) is 8.83 Å². The van der Waals surface area contributed by atoms with Gasteiger partial charge in [0.05, 0.1) is 16.4 Å². The third kappa shape index (κ3) is 2.76. The Labute approximate surface area is 145 Å². The summed E-state index contributed by atoms with van der Waals surface area (Å²) in [7, 11) is 1.90. The fourth-order valence-electron chi connectivity index (χ4n) is 2.15. The van der Waals surface area contributed by atoms with Crippen molar-refractivity contribution in [2.45, 2.75) is 17.3 Å². The van der Waals surface area contributed by atoms with Crippen LogP contribution in [-0.2, 0) is 7.05 Å². The molecule has 1 atom stereocenters. The Balaban J connectivity index is 1.53. The average Bonchev–Trinajstić information content (AvgIpc) is 3.36. The summed E-state index contributed by atoms with van der Waals surface area (Å²) in [6.07, 6.45) is 1.62. The molecule has 4 heterocycles. The number of thioether (sulfide) groups is 1. The van der Waals surface area contributed by atoms with Crippen molar-refractivity contribution >= 4 is 23.1 Å². The summed E-state index contributed by atoms with van der Waals surface area (Å²) in [4.78, 5) is 0.963. The van der Waals surface area contributed by atoms with Crippen molar-refractivity contribution in [1.82, 2.24) is 25.0 Å². The van der Waals surface area contributed by atoms with E-state index >= 15 is 0 Å². The number of aromatic nitrogens is 5. The molecule has 4 aromatic rings. The molecule has 7 nitrogen and oxygen atoms in total. The van der Waals surface area contributed by atoms with Gasteiger partial charge in [-0.25, -0.2) is 0 Å². The number of nitrogens with zero attached hydrogens (tertiary/aromatic N) is 5. The van der Waals surface area contributed by atoms with Gasteiger partial charge >= 0.3 is 0 Å². The van der Waals surface area contributed by atoms with Crippen LogP contribution in [0.1, 0.15) is 18.1 Å². The lowest BCUT2D eigenvalue weighted by atomic mass is 10.4. The standard InChI is InChI=1S/C15H13N5O2S2/c1-9(13-17-18-14(22-13)11-6-4-8-23-11)24-15-19-16-12(20(15)2)10-5-3-7-21-10/h3-9H,1-2H3/t9-/m0/s1. The highest BCUT2D eigenvalue weighted by molar-refractivity contribution is 7.99. The minimum absolute atomic E-state index is 0.0430. The molecule has 122 valence electrons. The summed E-state index contributed by atoms with van der Waals surface area (Å²) >= 11 is 3.08. The zero-order chi connectivity index (χ0) is 16.5. The lowest BCUT2D eigenvalue weighted by Crippen LogP contribution is -1.96. The smallest absolute Gasteiger partial charge is 0.257 e. The summed E-state index contributed by atoms with van der Waals surface area (Å²) in [5.74, 6) is 2.47. The molecular weight excluding hydrogens is 346 g/mol. The van der Waals surface area contributed by atoms with E-state index in [9.17, 15) is 0 Å². The summed E-state index contributed by atoms with van der Waals surface area (Å²) < 4.78 is 13.0. The molecule has 0 radical (unpaired) electrons. The van der Waals surface area contributed by atoms with Crippen molar-refractivity contribution < 1.29 is 8.83 Å². The predicted molar refractivity (Wildman–Crippen MR) is 90.6 cm³/mol. The molecule has 9 heteroatoms. The Morgan fingerprint density at radius 3 is 2.83 bits per heavy atom. The first kappa shape index (κ1) is 15.2. The van der Waals surface area contributed by atoms with Crippen molar-refractivity contribution in [2.75, 3.05) is 0 Å². The van der Waals surface area contributed by atoms with Gasteiger partial charge in [-0.3, -0.25) is 0 Å². The maximum Gasteiger partial charge on any atom is 0.257 e. The largest absolute Gasteiger partial charge is 0.461 e. The minimum atomic E-state index is -0.0430. The maximum atomic E-state index is 5.77. The van der Waals surface area contributed by atoms with Crippen LogP contribution in [0.15, 0.2) is 49.9 Å². The second kappa shape index (κ2) is 6.25. The summed E-state index contributed by atoms with van der Waals surface area (Å²) in [6, 6.07) is 7.59. The molecule has 0 N–H and O–H groups in total. The fourth-order valence-corrected chi connectivity index (χ4v) is 3.63. The Hall–Kier alpha value is -2.39. The SMILES string of the molecule is C[C@H](Sc1nnc(-c2ccco2)n1C)c1nnc(-c2cccs2)o1. The molecule has 4 aromatic heterocycles. The third-order valence-electron chi connectivity index (χ3n) is 3.38. The van der Waals surface area contributed by atoms with E-state index in [-0.39, 0.29) is 5.25 Å². The van der Waals surface area contributed by atoms with Crippen molar-refractivity contribution in [3.8, 4) is 22.4 Å². The zero-order valence-electron chi connectivity index (χ0n) is 12.9. The fraction of sp³-hybridized carbons (Fsp3) is 0.200. The Morgan fingerprint density at radius 1 is 1.17 bits per heavy atom. The van der Waals surface area contributed by atoms with E-state index in [1.165, 1.54) is 11.8 Å². The molecule has 4 rings (SSSR count). The van der Waals surface area contributed by atoms with Crippen LogP contribution in [0.3, 0.4) is 0 Å². The highest BCUT2D eigenvalue weighted by atomic mass is 32.2. The topological polar surface area (TPSA) is 82.8 Å². The van der Waals surface area contributed by atoms with Crippen LogP contribution in [0.5, 0.6) is 0 Å². The van der Waals surface area contributed by atoms with Crippen LogP contribution in [0.2, 0.25) is 0 Å². The number of hydrogen-bond acceptors (Lipinski definition) is 8. The number of hydrogen-bond donors (Lipinski definition) is 0. The molecule has 0 aliphatic carbocycles. The molecule has 0 aliphatic heterocycles. The normalized spacial score (nSPS) is 12.6. The lowest BCUT2D eigenvalue weighted by Gasteiger charge is -2.06. The molecule has 0 saturated heterocycles. The van der Waals surface area contributed by atoms with Gasteiger partial charge in [-0.05, 0) is 30.5 Å². The van der Waals surface area contributed by atoms with Gasteiger partial charge in [0.2, 0.25) is 5.89 Å². The molecule has 0 unspecified atom stereocenters. The summed E-state index contributed by atoms with van der Waals surface area (Å²) in [6.45, 7) is 2.00. The van der Waals surface area contributed by atoms with E-state index in [1.54, 1.807) is 17.6 Å². The molecule has 0 aromatic carbocycles. The van der Waals surface area contributed by atoms with Crippen molar-refractivity contribution in [2.24, 2.45) is 7.05 Å². The number of rotatable bonds is 5. The second-order valence-corrected chi connectivity index (χ2v) is 7.28. The first-order valence-corrected chi connectivity index (χ1v) is 8.95. The predicted octanol–water partition coefficient (Wildman–Crippen LogP) is 4.04. The third-order valence-corrected chi connectivity index (χ3v) is 5.36. The monoisotopic (exact) mass is 359 g/mol. The Kier molecular flexibility index (Phi) is 3.95. The van der Waals surface area contributed by atoms with Crippen LogP contribution in [0.4, 0.5) is 0 Å². The van der Waals surface area contributed by atoms with Gasteiger partial charge in [0.1, 0.15) is 0 Å². The van der Waals surface area contributed by atoms with Crippen LogP contribution in [0.25, 0.3) is 22.4 Å². The van der Waals surface area contributed by atoms with E-state index in [1.807, 2.05) is 48.2 Å². The van der Waals surface area contributed by atoms with Crippen molar-refractivity contribution in [3.05, 3.63) is 41.8 Å². The summed E-state index contributed by atoms with van der Waals surface area (Å²) in [5.41, 5.74) is 0. The van der Waals surface area contributed by atoms with Crippen LogP contribution in [0, 0.1) is 0 Å². The molecule has 0 spiro atoms. The van der Waals surface area contributed by atoms with Gasteiger partial charge in [0.15, 0.2) is 16.7 Å². The molecule has 24 heavy (non-hydrogen) atoms. The van der Waals surface area contributed by atoms with E-state index in [2.05, 4.69) is 20.4 Å². The Bertz CT molecular complexity index is 927. The van der Waals surface area contributed by atoms with Gasteiger partial charge in [0.25, 0.3) is 5.89 Å². The molecule has 0 amide bonds. The Morgan fingerprint density at radius 2 is 2.08 bits per heavy atom. The van der Waals surface area contributed by atoms with Crippen LogP contribution < -0.4 is 0 Å². The van der Waals surface area contributed by atoms with E-state index in [0.717, 1.165) is 10.0 Å². The lowest BCUT2D eigenvalue weighted by molar-refractivity contribution is 0.509. The average molecular weight is 359 g/mol. The molecule has 0 aliphatic rings.